The molecule has 1 saturated carbocycles. The molecule has 0 aromatic heterocycles. The number of nitrogens with one attached hydrogen (secondary N) is 1. The van der Waals surface area contributed by atoms with E-state index in [-0.39, 0.29) is 6.61 Å². The molecular weight excluding hydrogens is 226 g/mol. The molecule has 1 saturated heterocycles. The van der Waals surface area contributed by atoms with Crippen LogP contribution in [0, 0.1) is 0 Å². The molecule has 0 spiro atoms. The molecule has 2 fully saturated rings. The normalized spacial score (nSPS) is 27.0. The van der Waals surface area contributed by atoms with Crippen LogP contribution in [-0.4, -0.2) is 73.4 Å². The first kappa shape index (κ1) is 14.3. The largest absolute Gasteiger partial charge is 0.395 e. The molecule has 1 aliphatic carbocycles. The molecule has 4 heteroatoms. The summed E-state index contributed by atoms with van der Waals surface area (Å²) in [4.78, 5) is 4.90. The molecule has 0 bridgehead atoms. The molecule has 0 aromatic carbocycles. The van der Waals surface area contributed by atoms with Gasteiger partial charge in [0.15, 0.2) is 0 Å². The first-order valence-corrected chi connectivity index (χ1v) is 7.44. The van der Waals surface area contributed by atoms with E-state index < -0.39 is 0 Å². The molecule has 2 atom stereocenters. The minimum Gasteiger partial charge on any atom is -0.395 e. The van der Waals surface area contributed by atoms with Gasteiger partial charge in [-0.05, 0) is 59.3 Å². The van der Waals surface area contributed by atoms with Crippen molar-refractivity contribution in [2.75, 3.05) is 40.3 Å². The number of aliphatic hydroxyl groups is 1. The van der Waals surface area contributed by atoms with Gasteiger partial charge in [0.2, 0.25) is 0 Å². The maximum Gasteiger partial charge on any atom is 0.0585 e. The predicted octanol–water partition coefficient (Wildman–Crippen LogP) is 0.515. The zero-order chi connectivity index (χ0) is 13.0. The molecule has 4 nitrogen and oxygen atoms in total. The molecule has 0 radical (unpaired) electrons. The molecule has 106 valence electrons. The minimum absolute atomic E-state index is 0.271. The maximum atomic E-state index is 9.35. The summed E-state index contributed by atoms with van der Waals surface area (Å²) in [6, 6.07) is 1.72. The molecule has 18 heavy (non-hydrogen) atoms. The van der Waals surface area contributed by atoms with E-state index in [4.69, 9.17) is 0 Å². The van der Waals surface area contributed by atoms with Crippen LogP contribution in [-0.2, 0) is 0 Å². The Kier molecular flexibility index (Phi) is 5.42. The lowest BCUT2D eigenvalue weighted by molar-refractivity contribution is 0.192. The van der Waals surface area contributed by atoms with Crippen LogP contribution in [0.1, 0.15) is 32.1 Å². The molecule has 2 aliphatic rings. The fraction of sp³-hybridized carbons (Fsp3) is 1.00. The minimum atomic E-state index is 0.271. The molecule has 2 rings (SSSR count). The Morgan fingerprint density at radius 3 is 2.72 bits per heavy atom. The first-order valence-electron chi connectivity index (χ1n) is 7.44. The van der Waals surface area contributed by atoms with Gasteiger partial charge in [-0.1, -0.05) is 0 Å². The van der Waals surface area contributed by atoms with Crippen LogP contribution in [0.3, 0.4) is 0 Å². The topological polar surface area (TPSA) is 38.7 Å². The summed E-state index contributed by atoms with van der Waals surface area (Å²) in [5.41, 5.74) is 0. The average Bonchev–Trinajstić information content (AvgIpc) is 3.09. The Balaban J connectivity index is 1.61. The maximum absolute atomic E-state index is 9.35. The lowest BCUT2D eigenvalue weighted by atomic mass is 10.2. The average molecular weight is 255 g/mol. The van der Waals surface area contributed by atoms with Crippen molar-refractivity contribution in [2.45, 2.75) is 50.2 Å². The number of aliphatic hydroxyl groups excluding tert-OH is 1. The third-order valence-electron chi connectivity index (χ3n) is 4.32. The van der Waals surface area contributed by atoms with Gasteiger partial charge in [-0.25, -0.2) is 0 Å². The lowest BCUT2D eigenvalue weighted by Gasteiger charge is -2.27. The summed E-state index contributed by atoms with van der Waals surface area (Å²) in [6.07, 6.45) is 6.32. The van der Waals surface area contributed by atoms with Crippen LogP contribution in [0.2, 0.25) is 0 Å². The van der Waals surface area contributed by atoms with Gasteiger partial charge in [-0.3, -0.25) is 0 Å². The lowest BCUT2D eigenvalue weighted by Crippen LogP contribution is -2.40. The quantitative estimate of drug-likeness (QED) is 0.663. The van der Waals surface area contributed by atoms with E-state index >= 15 is 0 Å². The van der Waals surface area contributed by atoms with E-state index in [0.29, 0.717) is 12.1 Å². The molecule has 0 amide bonds. The Hall–Kier alpha value is -0.160. The molecule has 1 heterocycles. The highest BCUT2D eigenvalue weighted by atomic mass is 16.3. The van der Waals surface area contributed by atoms with Gasteiger partial charge in [0.25, 0.3) is 0 Å². The summed E-state index contributed by atoms with van der Waals surface area (Å²) >= 11 is 0. The van der Waals surface area contributed by atoms with Crippen molar-refractivity contribution in [3.8, 4) is 0 Å². The van der Waals surface area contributed by atoms with E-state index in [0.717, 1.165) is 25.6 Å². The summed E-state index contributed by atoms with van der Waals surface area (Å²) in [7, 11) is 4.44. The fourth-order valence-electron chi connectivity index (χ4n) is 2.85. The van der Waals surface area contributed by atoms with Crippen molar-refractivity contribution >= 4 is 0 Å². The molecule has 1 aliphatic heterocycles. The fourth-order valence-corrected chi connectivity index (χ4v) is 2.85. The smallest absolute Gasteiger partial charge is 0.0585 e. The van der Waals surface area contributed by atoms with Crippen molar-refractivity contribution in [2.24, 2.45) is 0 Å². The number of likely N-dealkylation sites (N-methyl/N-ethyl adjacent to an activating group) is 2. The Morgan fingerprint density at radius 1 is 1.39 bits per heavy atom. The Labute approximate surface area is 111 Å². The van der Waals surface area contributed by atoms with E-state index in [1.807, 2.05) is 0 Å². The zero-order valence-electron chi connectivity index (χ0n) is 11.9. The SMILES string of the molecule is CN(CCC(CO)NC1CC1)CC1CCCN1C. The Morgan fingerprint density at radius 2 is 2.17 bits per heavy atom. The van der Waals surface area contributed by atoms with Crippen molar-refractivity contribution in [3.05, 3.63) is 0 Å². The molecule has 0 aromatic rings. The first-order chi connectivity index (χ1) is 8.69. The second-order valence-corrected chi connectivity index (χ2v) is 6.15. The number of nitrogens with zero attached hydrogens (tertiary/aromatic N) is 2. The van der Waals surface area contributed by atoms with E-state index in [2.05, 4.69) is 29.2 Å². The van der Waals surface area contributed by atoms with Crippen LogP contribution in [0.15, 0.2) is 0 Å². The van der Waals surface area contributed by atoms with Gasteiger partial charge in [0.1, 0.15) is 0 Å². The van der Waals surface area contributed by atoms with Gasteiger partial charge < -0.3 is 20.2 Å². The highest BCUT2D eigenvalue weighted by Crippen LogP contribution is 2.20. The van der Waals surface area contributed by atoms with E-state index in [1.165, 1.54) is 32.2 Å². The number of likely N-dealkylation sites (tertiary alicyclic amines) is 1. The van der Waals surface area contributed by atoms with E-state index in [9.17, 15) is 5.11 Å². The summed E-state index contributed by atoms with van der Waals surface area (Å²) in [5.74, 6) is 0. The van der Waals surface area contributed by atoms with Crippen molar-refractivity contribution < 1.29 is 5.11 Å². The third-order valence-corrected chi connectivity index (χ3v) is 4.32. The van der Waals surface area contributed by atoms with Crippen LogP contribution in [0.25, 0.3) is 0 Å². The zero-order valence-corrected chi connectivity index (χ0v) is 11.9. The summed E-state index contributed by atoms with van der Waals surface area (Å²) in [5, 5.41) is 12.9. The number of hydrogen-bond donors (Lipinski definition) is 2. The van der Waals surface area contributed by atoms with Gasteiger partial charge in [-0.2, -0.15) is 0 Å². The number of rotatable bonds is 8. The molecule has 2 unspecified atom stereocenters. The van der Waals surface area contributed by atoms with E-state index in [1.54, 1.807) is 0 Å². The van der Waals surface area contributed by atoms with Crippen LogP contribution in [0.5, 0.6) is 0 Å². The van der Waals surface area contributed by atoms with Crippen LogP contribution < -0.4 is 5.32 Å². The third kappa shape index (κ3) is 4.50. The van der Waals surface area contributed by atoms with Gasteiger partial charge >= 0.3 is 0 Å². The second kappa shape index (κ2) is 6.85. The van der Waals surface area contributed by atoms with Gasteiger partial charge in [0, 0.05) is 24.7 Å². The standard InChI is InChI=1S/C14H29N3O/c1-16(10-14-4-3-8-17(14)2)9-7-13(11-18)15-12-5-6-12/h12-15,18H,3-11H2,1-2H3. The van der Waals surface area contributed by atoms with Crippen molar-refractivity contribution in [1.82, 2.24) is 15.1 Å². The number of hydrogen-bond acceptors (Lipinski definition) is 4. The van der Waals surface area contributed by atoms with Gasteiger partial charge in [-0.15, -0.1) is 0 Å². The van der Waals surface area contributed by atoms with Crippen molar-refractivity contribution in [3.63, 3.8) is 0 Å². The second-order valence-electron chi connectivity index (χ2n) is 6.15. The highest BCUT2D eigenvalue weighted by Gasteiger charge is 2.25. The van der Waals surface area contributed by atoms with Crippen LogP contribution >= 0.6 is 0 Å². The summed E-state index contributed by atoms with van der Waals surface area (Å²) in [6.45, 7) is 3.77. The van der Waals surface area contributed by atoms with Crippen molar-refractivity contribution in [1.29, 1.82) is 0 Å². The predicted molar refractivity (Wildman–Crippen MR) is 74.8 cm³/mol. The Bertz CT molecular complexity index is 245. The molecule has 2 N–H and O–H groups in total. The highest BCUT2D eigenvalue weighted by molar-refractivity contribution is 4.85. The summed E-state index contributed by atoms with van der Waals surface area (Å²) < 4.78 is 0. The van der Waals surface area contributed by atoms with Gasteiger partial charge in [0.05, 0.1) is 6.61 Å². The van der Waals surface area contributed by atoms with Crippen LogP contribution in [0.4, 0.5) is 0 Å². The molecular formula is C14H29N3O. The monoisotopic (exact) mass is 255 g/mol.